The molecule has 0 spiro atoms. The molecule has 24 heavy (non-hydrogen) atoms. The summed E-state index contributed by atoms with van der Waals surface area (Å²) in [5.41, 5.74) is -0.837. The third-order valence-electron chi connectivity index (χ3n) is 4.95. The lowest BCUT2D eigenvalue weighted by Crippen LogP contribution is -2.45. The van der Waals surface area contributed by atoms with Crippen LogP contribution in [0.3, 0.4) is 0 Å². The Hall–Kier alpha value is -2.71. The van der Waals surface area contributed by atoms with Gasteiger partial charge in [-0.1, -0.05) is 6.42 Å². The van der Waals surface area contributed by atoms with E-state index in [2.05, 4.69) is 0 Å². The number of fused-ring (bicyclic) bond motifs is 1. The third-order valence-corrected chi connectivity index (χ3v) is 4.95. The fourth-order valence-corrected chi connectivity index (χ4v) is 3.87. The van der Waals surface area contributed by atoms with Crippen molar-refractivity contribution < 1.29 is 19.6 Å². The van der Waals surface area contributed by atoms with Crippen molar-refractivity contribution >= 4 is 17.6 Å². The fourth-order valence-electron chi connectivity index (χ4n) is 3.87. The minimum Gasteiger partial charge on any atom is -0.480 e. The minimum absolute atomic E-state index is 0.0479. The number of carboxylic acids is 1. The zero-order valence-electron chi connectivity index (χ0n) is 12.8. The second kappa shape index (κ2) is 6.06. The molecule has 0 aromatic carbocycles. The molecule has 1 amide bonds. The first-order chi connectivity index (χ1) is 11.4. The van der Waals surface area contributed by atoms with E-state index in [4.69, 9.17) is 0 Å². The van der Waals surface area contributed by atoms with Gasteiger partial charge in [0.25, 0.3) is 11.2 Å². The van der Waals surface area contributed by atoms with Crippen LogP contribution in [-0.2, 0) is 16.1 Å². The second-order valence-electron chi connectivity index (χ2n) is 6.29. The van der Waals surface area contributed by atoms with Crippen LogP contribution in [0.15, 0.2) is 23.1 Å². The summed E-state index contributed by atoms with van der Waals surface area (Å²) in [7, 11) is 0. The molecular formula is C15H17N3O6. The average Bonchev–Trinajstić information content (AvgIpc) is 3.08. The Morgan fingerprint density at radius 1 is 1.33 bits per heavy atom. The van der Waals surface area contributed by atoms with E-state index in [1.165, 1.54) is 4.90 Å². The SMILES string of the molecule is O=C(O)C1C2CCCC2CN1C(=O)Cn1cc([N+](=O)[O-])ccc1=O. The number of amides is 1. The van der Waals surface area contributed by atoms with Gasteiger partial charge in [0, 0.05) is 18.7 Å². The highest BCUT2D eigenvalue weighted by Crippen LogP contribution is 2.42. The molecule has 9 heteroatoms. The number of pyridine rings is 1. The van der Waals surface area contributed by atoms with Gasteiger partial charge in [-0.15, -0.1) is 0 Å². The Labute approximate surface area is 136 Å². The predicted octanol–water partition coefficient (Wildman–Crippen LogP) is 0.468. The predicted molar refractivity (Wildman–Crippen MR) is 81.3 cm³/mol. The second-order valence-corrected chi connectivity index (χ2v) is 6.29. The molecule has 1 aliphatic carbocycles. The molecule has 9 nitrogen and oxygen atoms in total. The molecule has 1 aromatic rings. The summed E-state index contributed by atoms with van der Waals surface area (Å²) in [6.45, 7) is -0.0339. The first kappa shape index (κ1) is 16.2. The fraction of sp³-hybridized carbons (Fsp3) is 0.533. The Bertz CT molecular complexity index is 758. The number of nitro groups is 1. The lowest BCUT2D eigenvalue weighted by atomic mass is 9.94. The first-order valence-electron chi connectivity index (χ1n) is 7.75. The molecule has 2 fully saturated rings. The van der Waals surface area contributed by atoms with Crippen LogP contribution in [0.5, 0.6) is 0 Å². The number of likely N-dealkylation sites (tertiary alicyclic amines) is 1. The molecule has 1 aliphatic heterocycles. The van der Waals surface area contributed by atoms with E-state index in [-0.39, 0.29) is 17.5 Å². The maximum absolute atomic E-state index is 12.5. The van der Waals surface area contributed by atoms with Gasteiger partial charge >= 0.3 is 5.97 Å². The highest BCUT2D eigenvalue weighted by Gasteiger charge is 2.49. The number of rotatable bonds is 4. The Kier molecular flexibility index (Phi) is 4.08. The van der Waals surface area contributed by atoms with E-state index < -0.39 is 34.9 Å². The molecule has 3 unspecified atom stereocenters. The molecular weight excluding hydrogens is 318 g/mol. The first-order valence-corrected chi connectivity index (χ1v) is 7.75. The summed E-state index contributed by atoms with van der Waals surface area (Å²) in [6.07, 6.45) is 3.65. The standard InChI is InChI=1S/C15H17N3O6/c19-12-5-4-10(18(23)24)7-16(12)8-13(20)17-6-9-2-1-3-11(9)14(17)15(21)22/h4-5,7,9,11,14H,1-3,6,8H2,(H,21,22). The van der Waals surface area contributed by atoms with E-state index in [0.717, 1.165) is 42.2 Å². The van der Waals surface area contributed by atoms with Gasteiger partial charge < -0.3 is 10.0 Å². The summed E-state index contributed by atoms with van der Waals surface area (Å²) in [4.78, 5) is 47.4. The van der Waals surface area contributed by atoms with Crippen LogP contribution in [0.1, 0.15) is 19.3 Å². The van der Waals surface area contributed by atoms with Crippen LogP contribution in [0, 0.1) is 22.0 Å². The molecule has 2 aliphatic rings. The Balaban J connectivity index is 1.82. The highest BCUT2D eigenvalue weighted by molar-refractivity contribution is 5.84. The number of nitrogens with zero attached hydrogens (tertiary/aromatic N) is 3. The zero-order chi connectivity index (χ0) is 17.4. The molecule has 0 radical (unpaired) electrons. The Morgan fingerprint density at radius 3 is 2.75 bits per heavy atom. The molecule has 1 N–H and O–H groups in total. The maximum Gasteiger partial charge on any atom is 0.326 e. The van der Waals surface area contributed by atoms with Gasteiger partial charge in [-0.25, -0.2) is 4.79 Å². The number of aliphatic carboxylic acids is 1. The summed E-state index contributed by atoms with van der Waals surface area (Å²) in [5.74, 6) is -1.41. The van der Waals surface area contributed by atoms with Crippen LogP contribution >= 0.6 is 0 Å². The summed E-state index contributed by atoms with van der Waals surface area (Å²) in [6, 6.07) is 1.22. The van der Waals surface area contributed by atoms with Crippen molar-refractivity contribution in [3.63, 3.8) is 0 Å². The number of carbonyl (C=O) groups is 2. The van der Waals surface area contributed by atoms with Crippen molar-refractivity contribution in [1.82, 2.24) is 9.47 Å². The van der Waals surface area contributed by atoms with Crippen LogP contribution in [-0.4, -0.2) is 44.0 Å². The van der Waals surface area contributed by atoms with Crippen LogP contribution in [0.25, 0.3) is 0 Å². The Morgan fingerprint density at radius 2 is 2.08 bits per heavy atom. The number of carbonyl (C=O) groups excluding carboxylic acids is 1. The summed E-state index contributed by atoms with van der Waals surface area (Å²) in [5, 5.41) is 20.3. The van der Waals surface area contributed by atoms with E-state index >= 15 is 0 Å². The number of carboxylic acid groups (broad SMARTS) is 1. The number of aromatic nitrogens is 1. The molecule has 3 atom stereocenters. The molecule has 128 valence electrons. The van der Waals surface area contributed by atoms with Crippen molar-refractivity contribution in [2.75, 3.05) is 6.54 Å². The van der Waals surface area contributed by atoms with Crippen LogP contribution in [0.4, 0.5) is 5.69 Å². The van der Waals surface area contributed by atoms with Gasteiger partial charge in [0.1, 0.15) is 12.6 Å². The lowest BCUT2D eigenvalue weighted by Gasteiger charge is -2.24. The zero-order valence-corrected chi connectivity index (χ0v) is 12.8. The summed E-state index contributed by atoms with van der Waals surface area (Å²) < 4.78 is 0.952. The smallest absolute Gasteiger partial charge is 0.326 e. The molecule has 1 aromatic heterocycles. The van der Waals surface area contributed by atoms with E-state index in [1.54, 1.807) is 0 Å². The third kappa shape index (κ3) is 2.77. The lowest BCUT2D eigenvalue weighted by molar-refractivity contribution is -0.385. The van der Waals surface area contributed by atoms with Gasteiger partial charge in [-0.3, -0.25) is 24.3 Å². The number of hydrogen-bond donors (Lipinski definition) is 1. The minimum atomic E-state index is -1.04. The van der Waals surface area contributed by atoms with Gasteiger partial charge in [-0.05, 0) is 24.7 Å². The van der Waals surface area contributed by atoms with Crippen LogP contribution < -0.4 is 5.56 Å². The molecule has 1 saturated carbocycles. The van der Waals surface area contributed by atoms with E-state index in [0.29, 0.717) is 6.54 Å². The molecule has 3 rings (SSSR count). The van der Waals surface area contributed by atoms with Crippen molar-refractivity contribution in [3.05, 3.63) is 38.8 Å². The van der Waals surface area contributed by atoms with E-state index in [1.807, 2.05) is 0 Å². The maximum atomic E-state index is 12.5. The quantitative estimate of drug-likeness (QED) is 0.630. The van der Waals surface area contributed by atoms with E-state index in [9.17, 15) is 29.6 Å². The molecule has 0 bridgehead atoms. The van der Waals surface area contributed by atoms with Crippen molar-refractivity contribution in [1.29, 1.82) is 0 Å². The van der Waals surface area contributed by atoms with Gasteiger partial charge in [0.15, 0.2) is 0 Å². The van der Waals surface area contributed by atoms with Crippen molar-refractivity contribution in [2.45, 2.75) is 31.8 Å². The van der Waals surface area contributed by atoms with Crippen molar-refractivity contribution in [2.24, 2.45) is 11.8 Å². The van der Waals surface area contributed by atoms with Crippen LogP contribution in [0.2, 0.25) is 0 Å². The molecule has 1 saturated heterocycles. The van der Waals surface area contributed by atoms with Crippen molar-refractivity contribution in [3.8, 4) is 0 Å². The topological polar surface area (TPSA) is 123 Å². The monoisotopic (exact) mass is 335 g/mol. The molecule has 2 heterocycles. The van der Waals surface area contributed by atoms with Gasteiger partial charge in [-0.2, -0.15) is 0 Å². The highest BCUT2D eigenvalue weighted by atomic mass is 16.6. The van der Waals surface area contributed by atoms with Gasteiger partial charge in [0.05, 0.1) is 11.1 Å². The normalized spacial score (nSPS) is 25.5. The van der Waals surface area contributed by atoms with Gasteiger partial charge in [0.2, 0.25) is 5.91 Å². The largest absolute Gasteiger partial charge is 0.480 e. The number of hydrogen-bond acceptors (Lipinski definition) is 5. The average molecular weight is 335 g/mol. The summed E-state index contributed by atoms with van der Waals surface area (Å²) >= 11 is 0.